The number of Topliss-reactive ketones (excluding diaryl/α,β-unsaturated/α-hetero) is 1. The van der Waals surface area contributed by atoms with Gasteiger partial charge in [-0.15, -0.1) is 0 Å². The van der Waals surface area contributed by atoms with E-state index in [1.807, 2.05) is 13.0 Å². The van der Waals surface area contributed by atoms with Crippen molar-refractivity contribution in [3.8, 4) is 0 Å². The van der Waals surface area contributed by atoms with Crippen molar-refractivity contribution in [1.29, 1.82) is 0 Å². The smallest absolute Gasteiger partial charge is 0.167 e. The third-order valence-electron chi connectivity index (χ3n) is 3.17. The molecule has 0 bridgehead atoms. The van der Waals surface area contributed by atoms with Crippen LogP contribution in [0.3, 0.4) is 0 Å². The first kappa shape index (κ1) is 10.1. The van der Waals surface area contributed by atoms with Crippen LogP contribution in [-0.4, -0.2) is 10.8 Å². The average Bonchev–Trinajstić information content (AvgIpc) is 2.11. The number of aryl methyl sites for hydroxylation is 1. The van der Waals surface area contributed by atoms with Gasteiger partial charge in [0.2, 0.25) is 0 Å². The van der Waals surface area contributed by atoms with Crippen molar-refractivity contribution < 1.29 is 4.79 Å². The molecule has 0 aromatic carbocycles. The Kier molecular flexibility index (Phi) is 2.71. The van der Waals surface area contributed by atoms with Crippen molar-refractivity contribution in [3.63, 3.8) is 0 Å². The lowest BCUT2D eigenvalue weighted by Gasteiger charge is -2.24. The number of nitrogen functional groups attached to an aromatic ring is 1. The second-order valence-electron chi connectivity index (χ2n) is 4.31. The van der Waals surface area contributed by atoms with Crippen molar-refractivity contribution >= 4 is 11.6 Å². The normalized spacial score (nSPS) is 16.1. The molecule has 15 heavy (non-hydrogen) atoms. The maximum absolute atomic E-state index is 12.0. The first-order valence-corrected chi connectivity index (χ1v) is 5.42. The molecule has 0 atom stereocenters. The number of anilines is 1. The molecule has 1 aliphatic carbocycles. The van der Waals surface area contributed by atoms with Crippen LogP contribution in [0.5, 0.6) is 0 Å². The molecule has 1 aromatic rings. The van der Waals surface area contributed by atoms with Crippen LogP contribution >= 0.6 is 0 Å². The quantitative estimate of drug-likeness (QED) is 0.769. The molecule has 2 rings (SSSR count). The van der Waals surface area contributed by atoms with E-state index >= 15 is 0 Å². The molecule has 0 radical (unpaired) electrons. The number of pyridine rings is 1. The van der Waals surface area contributed by atoms with E-state index in [9.17, 15) is 4.79 Å². The molecule has 0 aliphatic heterocycles. The third-order valence-corrected chi connectivity index (χ3v) is 3.17. The highest BCUT2D eigenvalue weighted by atomic mass is 16.1. The molecule has 0 spiro atoms. The van der Waals surface area contributed by atoms with Crippen molar-refractivity contribution in [2.45, 2.75) is 32.6 Å². The molecule has 1 aliphatic rings. The molecule has 1 saturated carbocycles. The standard InChI is InChI=1S/C12H16N2O/c1-8-5-6-14-12(13)11(8)10(15)7-9-3-2-4-9/h5-6,9H,2-4,7H2,1H3,(H2,13,14). The Labute approximate surface area is 89.7 Å². The first-order valence-electron chi connectivity index (χ1n) is 5.42. The zero-order valence-electron chi connectivity index (χ0n) is 8.99. The predicted octanol–water partition coefficient (Wildman–Crippen LogP) is 2.35. The summed E-state index contributed by atoms with van der Waals surface area (Å²) in [6, 6.07) is 1.84. The van der Waals surface area contributed by atoms with E-state index in [1.165, 1.54) is 19.3 Å². The number of hydrogen-bond acceptors (Lipinski definition) is 3. The summed E-state index contributed by atoms with van der Waals surface area (Å²) in [6.45, 7) is 1.91. The Morgan fingerprint density at radius 2 is 2.33 bits per heavy atom. The van der Waals surface area contributed by atoms with E-state index in [1.54, 1.807) is 6.20 Å². The summed E-state index contributed by atoms with van der Waals surface area (Å²) in [7, 11) is 0. The van der Waals surface area contributed by atoms with Gasteiger partial charge in [0, 0.05) is 12.6 Å². The Morgan fingerprint density at radius 3 is 2.87 bits per heavy atom. The van der Waals surface area contributed by atoms with E-state index in [-0.39, 0.29) is 5.78 Å². The fourth-order valence-electron chi connectivity index (χ4n) is 2.00. The second kappa shape index (κ2) is 4.01. The minimum Gasteiger partial charge on any atom is -0.383 e. The van der Waals surface area contributed by atoms with Gasteiger partial charge in [0.15, 0.2) is 5.78 Å². The SMILES string of the molecule is Cc1ccnc(N)c1C(=O)CC1CCC1. The molecule has 0 saturated heterocycles. The number of aromatic nitrogens is 1. The number of hydrogen-bond donors (Lipinski definition) is 1. The lowest BCUT2D eigenvalue weighted by atomic mass is 9.80. The van der Waals surface area contributed by atoms with Gasteiger partial charge in [-0.05, 0) is 24.5 Å². The molecule has 0 unspecified atom stereocenters. The van der Waals surface area contributed by atoms with Gasteiger partial charge in [-0.1, -0.05) is 19.3 Å². The number of nitrogens with zero attached hydrogens (tertiary/aromatic N) is 1. The minimum absolute atomic E-state index is 0.155. The molecule has 1 aromatic heterocycles. The molecule has 1 fully saturated rings. The summed E-state index contributed by atoms with van der Waals surface area (Å²) in [5, 5.41) is 0. The van der Waals surface area contributed by atoms with Gasteiger partial charge in [-0.2, -0.15) is 0 Å². The lowest BCUT2D eigenvalue weighted by molar-refractivity contribution is 0.0936. The van der Waals surface area contributed by atoms with Crippen LogP contribution < -0.4 is 5.73 Å². The largest absolute Gasteiger partial charge is 0.383 e. The van der Waals surface area contributed by atoms with Crippen molar-refractivity contribution in [3.05, 3.63) is 23.4 Å². The maximum Gasteiger partial charge on any atom is 0.167 e. The Morgan fingerprint density at radius 1 is 1.60 bits per heavy atom. The predicted molar refractivity (Wildman–Crippen MR) is 59.7 cm³/mol. The van der Waals surface area contributed by atoms with Crippen LogP contribution in [0.15, 0.2) is 12.3 Å². The molecule has 2 N–H and O–H groups in total. The number of carbonyl (C=O) groups excluding carboxylic acids is 1. The first-order chi connectivity index (χ1) is 7.18. The van der Waals surface area contributed by atoms with Gasteiger partial charge in [-0.3, -0.25) is 4.79 Å². The number of carbonyl (C=O) groups is 1. The molecule has 1 heterocycles. The van der Waals surface area contributed by atoms with Crippen molar-refractivity contribution in [1.82, 2.24) is 4.98 Å². The van der Waals surface area contributed by atoms with Gasteiger partial charge >= 0.3 is 0 Å². The number of rotatable bonds is 3. The summed E-state index contributed by atoms with van der Waals surface area (Å²) in [6.07, 6.45) is 5.91. The molecule has 3 nitrogen and oxygen atoms in total. The Balaban J connectivity index is 2.16. The van der Waals surface area contributed by atoms with E-state index in [0.29, 0.717) is 23.7 Å². The lowest BCUT2D eigenvalue weighted by Crippen LogP contribution is -2.17. The molecule has 3 heteroatoms. The number of ketones is 1. The topological polar surface area (TPSA) is 56.0 Å². The summed E-state index contributed by atoms with van der Waals surface area (Å²) >= 11 is 0. The maximum atomic E-state index is 12.0. The highest BCUT2D eigenvalue weighted by Crippen LogP contribution is 2.31. The van der Waals surface area contributed by atoms with Gasteiger partial charge in [0.25, 0.3) is 0 Å². The van der Waals surface area contributed by atoms with Gasteiger partial charge < -0.3 is 5.73 Å². The van der Waals surface area contributed by atoms with E-state index in [4.69, 9.17) is 5.73 Å². The minimum atomic E-state index is 0.155. The Bertz CT molecular complexity index is 363. The van der Waals surface area contributed by atoms with Crippen LogP contribution in [0, 0.1) is 12.8 Å². The van der Waals surface area contributed by atoms with Gasteiger partial charge in [-0.25, -0.2) is 4.98 Å². The molecule has 80 valence electrons. The summed E-state index contributed by atoms with van der Waals surface area (Å²) in [5.41, 5.74) is 7.29. The highest BCUT2D eigenvalue weighted by Gasteiger charge is 2.23. The van der Waals surface area contributed by atoms with Crippen LogP contribution in [0.4, 0.5) is 5.82 Å². The summed E-state index contributed by atoms with van der Waals surface area (Å²) < 4.78 is 0. The molecule has 0 amide bonds. The monoisotopic (exact) mass is 204 g/mol. The molecular formula is C12H16N2O. The van der Waals surface area contributed by atoms with Crippen LogP contribution in [0.1, 0.15) is 41.6 Å². The van der Waals surface area contributed by atoms with Gasteiger partial charge in [0.05, 0.1) is 5.56 Å². The van der Waals surface area contributed by atoms with E-state index in [0.717, 1.165) is 5.56 Å². The highest BCUT2D eigenvalue weighted by molar-refractivity contribution is 6.01. The zero-order valence-corrected chi connectivity index (χ0v) is 8.99. The zero-order chi connectivity index (χ0) is 10.8. The Hall–Kier alpha value is -1.38. The van der Waals surface area contributed by atoms with E-state index in [2.05, 4.69) is 4.98 Å². The fraction of sp³-hybridized carbons (Fsp3) is 0.500. The molecular weight excluding hydrogens is 188 g/mol. The third kappa shape index (κ3) is 2.01. The summed E-state index contributed by atoms with van der Waals surface area (Å²) in [5.74, 6) is 1.11. The number of nitrogens with two attached hydrogens (primary N) is 1. The van der Waals surface area contributed by atoms with Crippen molar-refractivity contribution in [2.75, 3.05) is 5.73 Å². The van der Waals surface area contributed by atoms with Crippen molar-refractivity contribution in [2.24, 2.45) is 5.92 Å². The second-order valence-corrected chi connectivity index (χ2v) is 4.31. The fourth-order valence-corrected chi connectivity index (χ4v) is 2.00. The van der Waals surface area contributed by atoms with Crippen LogP contribution in [0.2, 0.25) is 0 Å². The van der Waals surface area contributed by atoms with Crippen LogP contribution in [-0.2, 0) is 0 Å². The van der Waals surface area contributed by atoms with Crippen LogP contribution in [0.25, 0.3) is 0 Å². The van der Waals surface area contributed by atoms with E-state index < -0.39 is 0 Å². The average molecular weight is 204 g/mol. The van der Waals surface area contributed by atoms with Gasteiger partial charge in [0.1, 0.15) is 5.82 Å². The summed E-state index contributed by atoms with van der Waals surface area (Å²) in [4.78, 5) is 15.9.